The first-order valence-corrected chi connectivity index (χ1v) is 10.6. The Bertz CT molecular complexity index is 1240. The van der Waals surface area contributed by atoms with E-state index in [1.54, 1.807) is 18.2 Å². The van der Waals surface area contributed by atoms with Gasteiger partial charge in [0.25, 0.3) is 0 Å². The van der Waals surface area contributed by atoms with E-state index in [1.807, 2.05) is 54.6 Å². The third kappa shape index (κ3) is 4.98. The van der Waals surface area contributed by atoms with Gasteiger partial charge in [0.15, 0.2) is 5.16 Å². The molecule has 0 aliphatic carbocycles. The molecule has 30 heavy (non-hydrogen) atoms. The Morgan fingerprint density at radius 2 is 1.97 bits per heavy atom. The first kappa shape index (κ1) is 20.4. The number of rotatable bonds is 6. The Hall–Kier alpha value is -2.91. The Morgan fingerprint density at radius 1 is 1.10 bits per heavy atom. The third-order valence-corrected chi connectivity index (χ3v) is 5.65. The maximum atomic E-state index is 9.56. The van der Waals surface area contributed by atoms with E-state index in [0.717, 1.165) is 22.2 Å². The van der Waals surface area contributed by atoms with Crippen molar-refractivity contribution in [3.05, 3.63) is 92.8 Å². The molecule has 0 bridgehead atoms. The van der Waals surface area contributed by atoms with Gasteiger partial charge < -0.3 is 9.72 Å². The van der Waals surface area contributed by atoms with Gasteiger partial charge in [-0.25, -0.2) is 4.98 Å². The van der Waals surface area contributed by atoms with Crippen LogP contribution < -0.4 is 4.74 Å². The molecule has 4 nitrogen and oxygen atoms in total. The lowest BCUT2D eigenvalue weighted by molar-refractivity contribution is 0.306. The molecule has 1 heterocycles. The number of thioether (sulfide) groups is 1. The van der Waals surface area contributed by atoms with Crippen LogP contribution in [0.1, 0.15) is 11.1 Å². The summed E-state index contributed by atoms with van der Waals surface area (Å²) < 4.78 is 5.86. The Morgan fingerprint density at radius 3 is 2.77 bits per heavy atom. The van der Waals surface area contributed by atoms with E-state index in [-0.39, 0.29) is 0 Å². The van der Waals surface area contributed by atoms with Gasteiger partial charge in [0.1, 0.15) is 18.4 Å². The lowest BCUT2D eigenvalue weighted by Gasteiger charge is -2.09. The molecule has 3 aromatic carbocycles. The van der Waals surface area contributed by atoms with Crippen molar-refractivity contribution >= 4 is 52.1 Å². The van der Waals surface area contributed by atoms with Gasteiger partial charge in [-0.15, -0.1) is 0 Å². The second-order valence-electron chi connectivity index (χ2n) is 6.38. The number of H-pyrrole nitrogens is 1. The van der Waals surface area contributed by atoms with E-state index in [9.17, 15) is 5.26 Å². The van der Waals surface area contributed by atoms with E-state index in [0.29, 0.717) is 32.5 Å². The molecule has 0 saturated heterocycles. The quantitative estimate of drug-likeness (QED) is 0.250. The zero-order chi connectivity index (χ0) is 20.9. The minimum absolute atomic E-state index is 0.321. The Kier molecular flexibility index (Phi) is 6.29. The summed E-state index contributed by atoms with van der Waals surface area (Å²) in [5.41, 5.74) is 3.51. The Balaban J connectivity index is 1.48. The summed E-state index contributed by atoms with van der Waals surface area (Å²) in [5.74, 6) is 0.681. The van der Waals surface area contributed by atoms with Crippen molar-refractivity contribution in [1.29, 1.82) is 5.26 Å². The van der Waals surface area contributed by atoms with E-state index in [2.05, 4.69) is 16.0 Å². The van der Waals surface area contributed by atoms with Gasteiger partial charge in [-0.05, 0) is 59.8 Å². The van der Waals surface area contributed by atoms with Crippen molar-refractivity contribution in [2.24, 2.45) is 0 Å². The maximum Gasteiger partial charge on any atom is 0.171 e. The van der Waals surface area contributed by atoms with Crippen molar-refractivity contribution in [3.8, 4) is 11.8 Å². The molecule has 7 heteroatoms. The summed E-state index contributed by atoms with van der Waals surface area (Å²) in [6, 6.07) is 22.8. The van der Waals surface area contributed by atoms with Crippen molar-refractivity contribution in [3.63, 3.8) is 0 Å². The highest BCUT2D eigenvalue weighted by atomic mass is 35.5. The van der Waals surface area contributed by atoms with Crippen LogP contribution in [0.15, 0.2) is 76.8 Å². The SMILES string of the molecule is N#C/C(=C\c1cccc(OCc2ccc(Cl)cc2Cl)c1)Sc1nc2ccccc2[nH]1. The van der Waals surface area contributed by atoms with E-state index in [1.165, 1.54) is 11.8 Å². The zero-order valence-corrected chi connectivity index (χ0v) is 17.9. The molecule has 0 saturated carbocycles. The zero-order valence-electron chi connectivity index (χ0n) is 15.6. The molecule has 0 radical (unpaired) electrons. The molecule has 0 aliphatic rings. The van der Waals surface area contributed by atoms with Crippen LogP contribution in [0.2, 0.25) is 10.0 Å². The predicted octanol–water partition coefficient (Wildman–Crippen LogP) is 7.11. The van der Waals surface area contributed by atoms with Gasteiger partial charge in [0, 0.05) is 15.6 Å². The molecule has 1 aromatic heterocycles. The normalized spacial score (nSPS) is 11.4. The Labute approximate surface area is 188 Å². The van der Waals surface area contributed by atoms with E-state index in [4.69, 9.17) is 27.9 Å². The van der Waals surface area contributed by atoms with Gasteiger partial charge in [-0.2, -0.15) is 5.26 Å². The van der Waals surface area contributed by atoms with Crippen LogP contribution in [-0.4, -0.2) is 9.97 Å². The number of nitrogens with one attached hydrogen (secondary N) is 1. The number of fused-ring (bicyclic) bond motifs is 1. The van der Waals surface area contributed by atoms with Crippen LogP contribution in [0, 0.1) is 11.3 Å². The average Bonchev–Trinajstić information content (AvgIpc) is 3.15. The lowest BCUT2D eigenvalue weighted by Crippen LogP contribution is -1.96. The maximum absolute atomic E-state index is 9.56. The second kappa shape index (κ2) is 9.27. The molecular weight excluding hydrogens is 437 g/mol. The number of para-hydroxylation sites is 2. The molecule has 0 spiro atoms. The van der Waals surface area contributed by atoms with E-state index < -0.39 is 0 Å². The number of nitriles is 1. The van der Waals surface area contributed by atoms with E-state index >= 15 is 0 Å². The average molecular weight is 452 g/mol. The van der Waals surface area contributed by atoms with Crippen LogP contribution in [0.5, 0.6) is 5.75 Å². The third-order valence-electron chi connectivity index (χ3n) is 4.25. The van der Waals surface area contributed by atoms with Crippen LogP contribution in [0.25, 0.3) is 17.1 Å². The molecule has 1 N–H and O–H groups in total. The lowest BCUT2D eigenvalue weighted by atomic mass is 10.2. The fourth-order valence-corrected chi connectivity index (χ4v) is 4.03. The molecule has 148 valence electrons. The number of allylic oxidation sites excluding steroid dienone is 1. The number of nitrogens with zero attached hydrogens (tertiary/aromatic N) is 2. The van der Waals surface area contributed by atoms with Crippen molar-refractivity contribution in [2.75, 3.05) is 0 Å². The minimum atomic E-state index is 0.321. The summed E-state index contributed by atoms with van der Waals surface area (Å²) in [5, 5.41) is 11.4. The summed E-state index contributed by atoms with van der Waals surface area (Å²) in [6.07, 6.45) is 1.81. The molecule has 0 atom stereocenters. The number of halogens is 2. The van der Waals surface area contributed by atoms with Crippen LogP contribution in [0.4, 0.5) is 0 Å². The highest BCUT2D eigenvalue weighted by Crippen LogP contribution is 2.28. The highest BCUT2D eigenvalue weighted by Gasteiger charge is 2.07. The number of aromatic nitrogens is 2. The van der Waals surface area contributed by atoms with Gasteiger partial charge in [-0.1, -0.05) is 53.5 Å². The van der Waals surface area contributed by atoms with Crippen molar-refractivity contribution < 1.29 is 4.74 Å². The number of hydrogen-bond acceptors (Lipinski definition) is 4. The topological polar surface area (TPSA) is 61.7 Å². The molecule has 4 aromatic rings. The first-order valence-electron chi connectivity index (χ1n) is 9.02. The molecular formula is C23H15Cl2N3OS. The fourth-order valence-electron chi connectivity index (χ4n) is 2.81. The largest absolute Gasteiger partial charge is 0.489 e. The van der Waals surface area contributed by atoms with Crippen LogP contribution >= 0.6 is 35.0 Å². The number of ether oxygens (including phenoxy) is 1. The summed E-state index contributed by atoms with van der Waals surface area (Å²) in [6.45, 7) is 0.321. The monoisotopic (exact) mass is 451 g/mol. The molecule has 0 amide bonds. The van der Waals surface area contributed by atoms with Crippen molar-refractivity contribution in [2.45, 2.75) is 11.8 Å². The van der Waals surface area contributed by atoms with Gasteiger partial charge in [0.05, 0.1) is 15.9 Å². The molecule has 0 unspecified atom stereocenters. The molecule has 0 fully saturated rings. The molecule has 0 aliphatic heterocycles. The summed E-state index contributed by atoms with van der Waals surface area (Å²) in [4.78, 5) is 8.24. The molecule has 4 rings (SSSR count). The standard InChI is InChI=1S/C23H15Cl2N3OS/c24-17-9-8-16(20(25)12-17)14-29-18-5-3-4-15(10-18)11-19(13-26)30-23-27-21-6-1-2-7-22(21)28-23/h1-12H,14H2,(H,27,28)/b19-11+. The van der Waals surface area contributed by atoms with Gasteiger partial charge in [-0.3, -0.25) is 0 Å². The number of aromatic amines is 1. The van der Waals surface area contributed by atoms with Crippen LogP contribution in [0.3, 0.4) is 0 Å². The summed E-state index contributed by atoms with van der Waals surface area (Å²) in [7, 11) is 0. The van der Waals surface area contributed by atoms with Gasteiger partial charge >= 0.3 is 0 Å². The summed E-state index contributed by atoms with van der Waals surface area (Å²) >= 11 is 13.4. The van der Waals surface area contributed by atoms with Crippen molar-refractivity contribution in [1.82, 2.24) is 9.97 Å². The minimum Gasteiger partial charge on any atom is -0.489 e. The fraction of sp³-hybridized carbons (Fsp3) is 0.0435. The number of imidazole rings is 1. The second-order valence-corrected chi connectivity index (χ2v) is 8.25. The number of benzene rings is 3. The highest BCUT2D eigenvalue weighted by molar-refractivity contribution is 8.03. The number of hydrogen-bond donors (Lipinski definition) is 1. The smallest absolute Gasteiger partial charge is 0.171 e. The van der Waals surface area contributed by atoms with Crippen LogP contribution in [-0.2, 0) is 6.61 Å². The first-order chi connectivity index (χ1) is 14.6. The predicted molar refractivity (Wildman–Crippen MR) is 123 cm³/mol. The van der Waals surface area contributed by atoms with Gasteiger partial charge in [0.2, 0.25) is 0 Å².